The standard InChI is InChI=1S/C68H117O11P/c1-4-7-10-13-16-19-22-25-28-31-32-35-36-39-42-45-48-51-54-57-66(70)75-61-65(79-68(72)59-56-53-50-47-44-41-38-34-30-27-24-21-18-15-12-9-6-3)63-77-80(73,74)76-62-64(60-69)78-67(71)58-55-52-49-46-43-40-37-33-29-26-23-20-17-14-11-8-5-2/h8-9,11-12,17-18,20-21,25-30,38,41,64-65,69H,4-7,10,13-16,19,22-24,31-37,39-40,42-63H2,1-3H3,(H,73,74)/b11-8-,12-9-,20-17-,21-18-,28-25-,29-26-,30-27-,41-38-. The molecular formula is C68H117O11P. The number of rotatable bonds is 59. The number of phosphoric acid groups is 1. The fourth-order valence-corrected chi connectivity index (χ4v) is 9.44. The van der Waals surface area contributed by atoms with Crippen LogP contribution in [0.4, 0.5) is 0 Å². The van der Waals surface area contributed by atoms with Gasteiger partial charge in [-0.1, -0.05) is 240 Å². The van der Waals surface area contributed by atoms with Crippen LogP contribution in [-0.4, -0.2) is 66.5 Å². The van der Waals surface area contributed by atoms with E-state index in [4.69, 9.17) is 23.3 Å². The molecule has 0 aliphatic carbocycles. The zero-order valence-electron chi connectivity index (χ0n) is 51.0. The Morgan fingerprint density at radius 3 is 1.01 bits per heavy atom. The summed E-state index contributed by atoms with van der Waals surface area (Å²) in [5, 5.41) is 9.85. The van der Waals surface area contributed by atoms with Gasteiger partial charge in [0.05, 0.1) is 19.8 Å². The second-order valence-corrected chi connectivity index (χ2v) is 22.6. The molecule has 0 aromatic heterocycles. The van der Waals surface area contributed by atoms with Gasteiger partial charge in [-0.3, -0.25) is 23.4 Å². The summed E-state index contributed by atoms with van der Waals surface area (Å²) < 4.78 is 39.7. The van der Waals surface area contributed by atoms with Crippen molar-refractivity contribution in [1.29, 1.82) is 0 Å². The van der Waals surface area contributed by atoms with Crippen molar-refractivity contribution in [1.82, 2.24) is 0 Å². The second-order valence-electron chi connectivity index (χ2n) is 21.2. The van der Waals surface area contributed by atoms with Crippen molar-refractivity contribution in [2.24, 2.45) is 0 Å². The first-order valence-electron chi connectivity index (χ1n) is 32.1. The molecule has 0 aliphatic rings. The number of ether oxygens (including phenoxy) is 3. The van der Waals surface area contributed by atoms with Gasteiger partial charge in [0.2, 0.25) is 0 Å². The zero-order chi connectivity index (χ0) is 58.3. The Morgan fingerprint density at radius 1 is 0.362 bits per heavy atom. The van der Waals surface area contributed by atoms with E-state index in [1.165, 1.54) is 96.3 Å². The van der Waals surface area contributed by atoms with E-state index in [9.17, 15) is 28.9 Å². The molecule has 3 unspecified atom stereocenters. The minimum Gasteiger partial charge on any atom is -0.462 e. The lowest BCUT2D eigenvalue weighted by molar-refractivity contribution is -0.161. The van der Waals surface area contributed by atoms with E-state index in [1.54, 1.807) is 0 Å². The highest BCUT2D eigenvalue weighted by Crippen LogP contribution is 2.43. The van der Waals surface area contributed by atoms with E-state index in [0.29, 0.717) is 19.3 Å². The largest absolute Gasteiger partial charge is 0.472 e. The number of hydrogen-bond donors (Lipinski definition) is 2. The average molecular weight is 1140 g/mol. The van der Waals surface area contributed by atoms with E-state index in [2.05, 4.69) is 118 Å². The SMILES string of the molecule is CC/C=C\C/C=C\C/C=C\C/C=C\CCCCCCC(=O)OC(COC(=O)CCCCCCCCCCC/C=C\CCCCCCCC)COP(=O)(O)OCC(CO)OC(=O)CCCCCCCCC/C=C\C/C=C\C/C=C\CC. The number of carbonyl (C=O) groups excluding carboxylic acids is 3. The molecule has 0 amide bonds. The molecule has 80 heavy (non-hydrogen) atoms. The van der Waals surface area contributed by atoms with E-state index in [1.807, 2.05) is 0 Å². The molecule has 12 heteroatoms. The molecule has 0 bridgehead atoms. The first kappa shape index (κ1) is 76.4. The van der Waals surface area contributed by atoms with Crippen molar-refractivity contribution in [3.05, 3.63) is 97.2 Å². The fraction of sp³-hybridized carbons (Fsp3) is 0.721. The quantitative estimate of drug-likeness (QED) is 0.0197. The molecule has 11 nitrogen and oxygen atoms in total. The summed E-state index contributed by atoms with van der Waals surface area (Å²) >= 11 is 0. The predicted molar refractivity (Wildman–Crippen MR) is 334 cm³/mol. The lowest BCUT2D eigenvalue weighted by Gasteiger charge is -2.21. The Balaban J connectivity index is 4.74. The summed E-state index contributed by atoms with van der Waals surface area (Å²) in [6.45, 7) is 4.41. The van der Waals surface area contributed by atoms with Crippen molar-refractivity contribution >= 4 is 25.7 Å². The molecule has 460 valence electrons. The summed E-state index contributed by atoms with van der Waals surface area (Å²) in [5.74, 6) is -1.50. The maximum atomic E-state index is 13.0. The van der Waals surface area contributed by atoms with Crippen LogP contribution in [0.2, 0.25) is 0 Å². The van der Waals surface area contributed by atoms with Crippen LogP contribution >= 0.6 is 7.82 Å². The van der Waals surface area contributed by atoms with E-state index < -0.39 is 57.8 Å². The smallest absolute Gasteiger partial charge is 0.462 e. The third-order valence-electron chi connectivity index (χ3n) is 13.5. The minimum absolute atomic E-state index is 0.136. The lowest BCUT2D eigenvalue weighted by Crippen LogP contribution is -2.30. The van der Waals surface area contributed by atoms with Gasteiger partial charge in [-0.15, -0.1) is 0 Å². The molecule has 2 N–H and O–H groups in total. The van der Waals surface area contributed by atoms with Crippen LogP contribution < -0.4 is 0 Å². The van der Waals surface area contributed by atoms with Gasteiger partial charge in [0.15, 0.2) is 6.10 Å². The van der Waals surface area contributed by atoms with Gasteiger partial charge in [-0.2, -0.15) is 0 Å². The van der Waals surface area contributed by atoms with Crippen molar-refractivity contribution in [2.75, 3.05) is 26.4 Å². The first-order chi connectivity index (χ1) is 39.2. The van der Waals surface area contributed by atoms with Gasteiger partial charge in [0.1, 0.15) is 12.7 Å². The van der Waals surface area contributed by atoms with Gasteiger partial charge < -0.3 is 24.2 Å². The third kappa shape index (κ3) is 59.0. The van der Waals surface area contributed by atoms with Gasteiger partial charge >= 0.3 is 25.7 Å². The third-order valence-corrected chi connectivity index (χ3v) is 14.4. The van der Waals surface area contributed by atoms with Crippen LogP contribution in [0.15, 0.2) is 97.2 Å². The summed E-state index contributed by atoms with van der Waals surface area (Å²) in [7, 11) is -4.77. The molecule has 0 rings (SSSR count). The number of phosphoric ester groups is 1. The fourth-order valence-electron chi connectivity index (χ4n) is 8.65. The molecule has 0 heterocycles. The Bertz CT molecular complexity index is 1710. The van der Waals surface area contributed by atoms with Crippen LogP contribution in [-0.2, 0) is 42.2 Å². The molecule has 0 aliphatic heterocycles. The number of carbonyl (C=O) groups is 3. The number of aliphatic hydroxyl groups excluding tert-OH is 1. The highest BCUT2D eigenvalue weighted by molar-refractivity contribution is 7.47. The van der Waals surface area contributed by atoms with Gasteiger partial charge in [0.25, 0.3) is 0 Å². The number of unbranched alkanes of at least 4 members (excludes halogenated alkanes) is 26. The van der Waals surface area contributed by atoms with Crippen LogP contribution in [0.5, 0.6) is 0 Å². The van der Waals surface area contributed by atoms with E-state index in [-0.39, 0.29) is 25.9 Å². The van der Waals surface area contributed by atoms with E-state index >= 15 is 0 Å². The molecule has 0 spiro atoms. The number of hydrogen-bond acceptors (Lipinski definition) is 10. The van der Waals surface area contributed by atoms with Crippen molar-refractivity contribution in [3.63, 3.8) is 0 Å². The van der Waals surface area contributed by atoms with Gasteiger partial charge in [-0.05, 0) is 116 Å². The summed E-state index contributed by atoms with van der Waals surface area (Å²) in [6, 6.07) is 0. The molecule has 0 saturated carbocycles. The van der Waals surface area contributed by atoms with Crippen molar-refractivity contribution < 1.29 is 52.2 Å². The maximum absolute atomic E-state index is 13.0. The predicted octanol–water partition coefficient (Wildman–Crippen LogP) is 19.6. The maximum Gasteiger partial charge on any atom is 0.472 e. The number of allylic oxidation sites excluding steroid dienone is 16. The highest BCUT2D eigenvalue weighted by Gasteiger charge is 2.28. The van der Waals surface area contributed by atoms with Crippen molar-refractivity contribution in [3.8, 4) is 0 Å². The summed E-state index contributed by atoms with van der Waals surface area (Å²) in [4.78, 5) is 48.8. The molecule has 0 radical (unpaired) electrons. The molecule has 0 saturated heterocycles. The number of esters is 3. The summed E-state index contributed by atoms with van der Waals surface area (Å²) in [5.41, 5.74) is 0. The lowest BCUT2D eigenvalue weighted by atomic mass is 10.1. The highest BCUT2D eigenvalue weighted by atomic mass is 31.2. The van der Waals surface area contributed by atoms with Gasteiger partial charge in [0, 0.05) is 19.3 Å². The minimum atomic E-state index is -4.77. The topological polar surface area (TPSA) is 155 Å². The van der Waals surface area contributed by atoms with Crippen LogP contribution in [0, 0.1) is 0 Å². The molecule has 0 fully saturated rings. The molecular weight excluding hydrogens is 1020 g/mol. The van der Waals surface area contributed by atoms with E-state index in [0.717, 1.165) is 122 Å². The molecule has 3 atom stereocenters. The summed E-state index contributed by atoms with van der Waals surface area (Å²) in [6.07, 6.45) is 73.5. The normalized spacial score (nSPS) is 13.9. The Kier molecular flexibility index (Phi) is 58.7. The molecule has 0 aromatic rings. The van der Waals surface area contributed by atoms with Crippen LogP contribution in [0.3, 0.4) is 0 Å². The van der Waals surface area contributed by atoms with Gasteiger partial charge in [-0.25, -0.2) is 4.57 Å². The van der Waals surface area contributed by atoms with Crippen molar-refractivity contribution in [2.45, 2.75) is 290 Å². The number of aliphatic hydroxyl groups is 1. The van der Waals surface area contributed by atoms with Crippen LogP contribution in [0.25, 0.3) is 0 Å². The monoisotopic (exact) mass is 1140 g/mol. The molecule has 0 aromatic carbocycles. The Morgan fingerprint density at radius 2 is 0.650 bits per heavy atom. The second kappa shape index (κ2) is 61.5. The Labute approximate surface area is 489 Å². The first-order valence-corrected chi connectivity index (χ1v) is 33.6. The Hall–Kier alpha value is -3.60. The average Bonchev–Trinajstić information content (AvgIpc) is 3.45. The van der Waals surface area contributed by atoms with Crippen LogP contribution in [0.1, 0.15) is 278 Å². The zero-order valence-corrected chi connectivity index (χ0v) is 51.9.